The number of fused-ring (bicyclic) bond motifs is 1. The first-order valence-corrected chi connectivity index (χ1v) is 17.2. The Labute approximate surface area is 276 Å². The molecule has 5 aliphatic rings. The second-order valence-corrected chi connectivity index (χ2v) is 14.9. The van der Waals surface area contributed by atoms with Crippen LogP contribution in [0.3, 0.4) is 0 Å². The minimum atomic E-state index is -0.999. The third kappa shape index (κ3) is 7.18. The Morgan fingerprint density at radius 1 is 0.872 bits per heavy atom. The lowest BCUT2D eigenvalue weighted by Gasteiger charge is -2.47. The highest BCUT2D eigenvalue weighted by atomic mass is 16.6. The van der Waals surface area contributed by atoms with Crippen LogP contribution in [-0.2, 0) is 19.1 Å². The molecule has 0 radical (unpaired) electrons. The number of hydrogen-bond acceptors (Lipinski definition) is 9. The summed E-state index contributed by atoms with van der Waals surface area (Å²) in [7, 11) is 0. The SMILES string of the molecule is CC(C)Oc1cc2c(cc1C1CCN([C@H]3C[C@H](OC4CCN(C(=O)OC(C)(C)C)CC4)C3)CC1)C(=O)N(C1CCC(=O)NC1=O)C2=O. The Bertz CT molecular complexity index is 1410. The molecule has 1 atom stereocenters. The highest BCUT2D eigenvalue weighted by Crippen LogP contribution is 2.41. The van der Waals surface area contributed by atoms with E-state index in [1.807, 2.05) is 34.6 Å². The lowest BCUT2D eigenvalue weighted by molar-refractivity contribution is -0.136. The number of nitrogens with zero attached hydrogens (tertiary/aromatic N) is 3. The predicted octanol–water partition coefficient (Wildman–Crippen LogP) is 4.00. The number of imide groups is 2. The number of piperidine rings is 3. The minimum Gasteiger partial charge on any atom is -0.491 e. The molecule has 1 aliphatic carbocycles. The Hall–Kier alpha value is -3.51. The van der Waals surface area contributed by atoms with Gasteiger partial charge < -0.3 is 24.0 Å². The van der Waals surface area contributed by atoms with Crippen molar-refractivity contribution in [3.63, 3.8) is 0 Å². The van der Waals surface area contributed by atoms with E-state index in [0.717, 1.165) is 62.1 Å². The summed E-state index contributed by atoms with van der Waals surface area (Å²) >= 11 is 0. The third-order valence-electron chi connectivity index (χ3n) is 9.97. The van der Waals surface area contributed by atoms with Gasteiger partial charge in [0.1, 0.15) is 17.4 Å². The van der Waals surface area contributed by atoms with E-state index in [1.165, 1.54) is 0 Å². The average Bonchev–Trinajstić information content (AvgIpc) is 3.22. The van der Waals surface area contributed by atoms with E-state index >= 15 is 0 Å². The van der Waals surface area contributed by atoms with Crippen LogP contribution in [0.25, 0.3) is 0 Å². The molecular weight excluding hydrogens is 604 g/mol. The first-order valence-electron chi connectivity index (χ1n) is 17.2. The van der Waals surface area contributed by atoms with Crippen molar-refractivity contribution in [2.75, 3.05) is 26.2 Å². The molecule has 47 heavy (non-hydrogen) atoms. The largest absolute Gasteiger partial charge is 0.491 e. The first-order chi connectivity index (χ1) is 22.3. The highest BCUT2D eigenvalue weighted by molar-refractivity contribution is 6.23. The maximum absolute atomic E-state index is 13.5. The molecule has 256 valence electrons. The smallest absolute Gasteiger partial charge is 0.410 e. The lowest BCUT2D eigenvalue weighted by Crippen LogP contribution is -2.54. The molecule has 4 heterocycles. The topological polar surface area (TPSA) is 135 Å². The van der Waals surface area contributed by atoms with Gasteiger partial charge in [-0.2, -0.15) is 0 Å². The number of benzene rings is 1. The Morgan fingerprint density at radius 3 is 2.11 bits per heavy atom. The van der Waals surface area contributed by atoms with Gasteiger partial charge in [0, 0.05) is 25.6 Å². The number of nitrogens with one attached hydrogen (secondary N) is 1. The highest BCUT2D eigenvalue weighted by Gasteiger charge is 2.46. The number of carbonyl (C=O) groups excluding carboxylic acids is 5. The quantitative estimate of drug-likeness (QED) is 0.434. The molecule has 3 saturated heterocycles. The van der Waals surface area contributed by atoms with Crippen LogP contribution in [0.5, 0.6) is 5.75 Å². The maximum Gasteiger partial charge on any atom is 0.410 e. The van der Waals surface area contributed by atoms with Crippen LogP contribution in [0.4, 0.5) is 4.79 Å². The molecule has 5 amide bonds. The third-order valence-corrected chi connectivity index (χ3v) is 9.97. The predicted molar refractivity (Wildman–Crippen MR) is 171 cm³/mol. The summed E-state index contributed by atoms with van der Waals surface area (Å²) in [5, 5.41) is 2.25. The van der Waals surface area contributed by atoms with Gasteiger partial charge in [-0.25, -0.2) is 4.79 Å². The first kappa shape index (κ1) is 33.4. The number of carbonyl (C=O) groups is 5. The van der Waals surface area contributed by atoms with E-state index < -0.39 is 35.3 Å². The molecule has 12 nitrogen and oxygen atoms in total. The number of rotatable bonds is 7. The molecule has 1 N–H and O–H groups in total. The zero-order chi connectivity index (χ0) is 33.6. The zero-order valence-corrected chi connectivity index (χ0v) is 28.2. The van der Waals surface area contributed by atoms with E-state index in [1.54, 1.807) is 17.0 Å². The Kier molecular flexibility index (Phi) is 9.37. The molecule has 1 saturated carbocycles. The Morgan fingerprint density at radius 2 is 1.51 bits per heavy atom. The Balaban J connectivity index is 1.03. The van der Waals surface area contributed by atoms with Gasteiger partial charge >= 0.3 is 6.09 Å². The molecule has 1 unspecified atom stereocenters. The molecular formula is C35H48N4O8. The van der Waals surface area contributed by atoms with Gasteiger partial charge in [0.15, 0.2) is 0 Å². The summed E-state index contributed by atoms with van der Waals surface area (Å²) in [4.78, 5) is 68.8. The van der Waals surface area contributed by atoms with Crippen molar-refractivity contribution in [1.29, 1.82) is 0 Å². The molecule has 0 bridgehead atoms. The summed E-state index contributed by atoms with van der Waals surface area (Å²) in [5.41, 5.74) is 0.971. The van der Waals surface area contributed by atoms with Gasteiger partial charge in [-0.15, -0.1) is 0 Å². The van der Waals surface area contributed by atoms with Gasteiger partial charge in [-0.3, -0.25) is 29.4 Å². The van der Waals surface area contributed by atoms with E-state index in [9.17, 15) is 24.0 Å². The van der Waals surface area contributed by atoms with Crippen LogP contribution in [-0.4, -0.2) is 107 Å². The maximum atomic E-state index is 13.5. The van der Waals surface area contributed by atoms with E-state index in [-0.39, 0.29) is 48.7 Å². The second kappa shape index (κ2) is 13.2. The second-order valence-electron chi connectivity index (χ2n) is 14.9. The van der Waals surface area contributed by atoms with E-state index in [2.05, 4.69) is 10.2 Å². The van der Waals surface area contributed by atoms with Gasteiger partial charge in [-0.1, -0.05) is 0 Å². The van der Waals surface area contributed by atoms with Crippen LogP contribution >= 0.6 is 0 Å². The molecule has 0 aromatic heterocycles. The summed E-state index contributed by atoms with van der Waals surface area (Å²) in [6.45, 7) is 12.7. The zero-order valence-electron chi connectivity index (χ0n) is 28.2. The molecule has 1 aromatic carbocycles. The van der Waals surface area contributed by atoms with Crippen LogP contribution in [0, 0.1) is 0 Å². The lowest BCUT2D eigenvalue weighted by atomic mass is 9.82. The summed E-state index contributed by atoms with van der Waals surface area (Å²) in [5.74, 6) is -1.26. The fourth-order valence-electron chi connectivity index (χ4n) is 7.48. The molecule has 6 rings (SSSR count). The van der Waals surface area contributed by atoms with E-state index in [4.69, 9.17) is 14.2 Å². The van der Waals surface area contributed by atoms with Crippen LogP contribution < -0.4 is 10.1 Å². The van der Waals surface area contributed by atoms with Gasteiger partial charge in [-0.05, 0) is 116 Å². The van der Waals surface area contributed by atoms with Crippen LogP contribution in [0.2, 0.25) is 0 Å². The van der Waals surface area contributed by atoms with Crippen LogP contribution in [0.15, 0.2) is 12.1 Å². The number of hydrogen-bond donors (Lipinski definition) is 1. The van der Waals surface area contributed by atoms with Gasteiger partial charge in [0.25, 0.3) is 11.8 Å². The van der Waals surface area contributed by atoms with Crippen molar-refractivity contribution in [1.82, 2.24) is 20.0 Å². The summed E-state index contributed by atoms with van der Waals surface area (Å²) in [6.07, 6.45) is 5.71. The standard InChI is InChI=1S/C35H48N4O8/c1-20(2)45-29-19-27-26(32(42)39(33(27)43)28-6-7-30(40)36-31(28)41)18-25(29)21-8-12-37(13-9-21)22-16-24(17-22)46-23-10-14-38(15-11-23)34(44)47-35(3,4)5/h18-24,28H,6-17H2,1-5H3,(H,36,40,41)/t22-,24-,28?. The van der Waals surface area contributed by atoms with Crippen molar-refractivity contribution in [2.24, 2.45) is 0 Å². The normalized spacial score (nSPS) is 26.4. The van der Waals surface area contributed by atoms with Gasteiger partial charge in [0.2, 0.25) is 11.8 Å². The fourth-order valence-corrected chi connectivity index (χ4v) is 7.48. The minimum absolute atomic E-state index is 0.0817. The van der Waals surface area contributed by atoms with Crippen molar-refractivity contribution in [3.05, 3.63) is 28.8 Å². The molecule has 4 aliphatic heterocycles. The number of likely N-dealkylation sites (tertiary alicyclic amines) is 2. The van der Waals surface area contributed by atoms with Crippen molar-refractivity contribution >= 4 is 29.7 Å². The summed E-state index contributed by atoms with van der Waals surface area (Å²) < 4.78 is 18.1. The molecule has 1 aromatic rings. The van der Waals surface area contributed by atoms with Crippen molar-refractivity contribution in [3.8, 4) is 5.75 Å². The van der Waals surface area contributed by atoms with Crippen molar-refractivity contribution < 1.29 is 38.2 Å². The van der Waals surface area contributed by atoms with Crippen LogP contribution in [0.1, 0.15) is 118 Å². The van der Waals surface area contributed by atoms with Crippen molar-refractivity contribution in [2.45, 2.75) is 128 Å². The molecule has 12 heteroatoms. The van der Waals surface area contributed by atoms with Gasteiger partial charge in [0.05, 0.1) is 29.4 Å². The molecule has 0 spiro atoms. The molecule has 4 fully saturated rings. The average molecular weight is 653 g/mol. The van der Waals surface area contributed by atoms with E-state index in [0.29, 0.717) is 30.4 Å². The number of amides is 5. The summed E-state index contributed by atoms with van der Waals surface area (Å²) in [6, 6.07) is 2.97. The fraction of sp³-hybridized carbons (Fsp3) is 0.686. The monoisotopic (exact) mass is 652 g/mol. The number of ether oxygens (including phenoxy) is 3.